The smallest absolute Gasteiger partial charge is 0.337 e. The number of rotatable bonds is 4. The van der Waals surface area contributed by atoms with Gasteiger partial charge in [-0.2, -0.15) is 0 Å². The zero-order valence-electron chi connectivity index (χ0n) is 11.7. The molecule has 2 aromatic heterocycles. The van der Waals surface area contributed by atoms with Crippen LogP contribution in [0.2, 0.25) is 0 Å². The Hall–Kier alpha value is -3.55. The van der Waals surface area contributed by atoms with Crippen LogP contribution in [-0.4, -0.2) is 26.3 Å². The summed E-state index contributed by atoms with van der Waals surface area (Å²) in [5.74, 6) is -1.12. The molecule has 0 aliphatic carbocycles. The van der Waals surface area contributed by atoms with Crippen molar-refractivity contribution in [3.63, 3.8) is 0 Å². The van der Waals surface area contributed by atoms with Gasteiger partial charge in [-0.1, -0.05) is 18.2 Å². The second-order valence-corrected chi connectivity index (χ2v) is 4.54. The molecule has 0 atom stereocenters. The van der Waals surface area contributed by atoms with Gasteiger partial charge in [0.2, 0.25) is 0 Å². The Kier molecular flexibility index (Phi) is 3.79. The largest absolute Gasteiger partial charge is 0.478 e. The molecule has 2 heterocycles. The van der Waals surface area contributed by atoms with Crippen LogP contribution in [0.5, 0.6) is 0 Å². The molecule has 3 aromatic rings. The number of aromatic carboxylic acids is 1. The molecule has 0 saturated carbocycles. The fourth-order valence-electron chi connectivity index (χ4n) is 1.99. The number of hydrogen-bond donors (Lipinski definition) is 3. The van der Waals surface area contributed by atoms with Gasteiger partial charge < -0.3 is 5.11 Å². The number of hydrogen-bond acceptors (Lipinski definition) is 5. The van der Waals surface area contributed by atoms with E-state index in [1.165, 1.54) is 12.1 Å². The third-order valence-corrected chi connectivity index (χ3v) is 3.07. The van der Waals surface area contributed by atoms with Gasteiger partial charge in [0.1, 0.15) is 11.4 Å². The summed E-state index contributed by atoms with van der Waals surface area (Å²) >= 11 is 0. The summed E-state index contributed by atoms with van der Waals surface area (Å²) in [4.78, 5) is 27.2. The molecule has 0 fully saturated rings. The molecule has 0 unspecified atom stereocenters. The minimum atomic E-state index is -1.12. The van der Waals surface area contributed by atoms with Crippen LogP contribution < -0.4 is 5.56 Å². The Morgan fingerprint density at radius 1 is 1.04 bits per heavy atom. The first-order chi connectivity index (χ1) is 11.2. The van der Waals surface area contributed by atoms with Crippen molar-refractivity contribution in [2.45, 2.75) is 0 Å². The molecule has 0 aliphatic rings. The van der Waals surface area contributed by atoms with Gasteiger partial charge in [-0.05, 0) is 24.3 Å². The number of nitrogens with one attached hydrogen (secondary N) is 2. The number of nitrogens with zero attached hydrogens (tertiary/aromatic N) is 3. The van der Waals surface area contributed by atoms with Crippen LogP contribution in [0.4, 0.5) is 11.4 Å². The summed E-state index contributed by atoms with van der Waals surface area (Å²) in [6.07, 6.45) is 1.58. The molecule has 1 aromatic carbocycles. The summed E-state index contributed by atoms with van der Waals surface area (Å²) in [6.45, 7) is 0. The first-order valence-corrected chi connectivity index (χ1v) is 6.63. The van der Waals surface area contributed by atoms with Crippen molar-refractivity contribution >= 4 is 17.3 Å². The fraction of sp³-hybridized carbons (Fsp3) is 0. The van der Waals surface area contributed by atoms with E-state index in [1.54, 1.807) is 36.5 Å². The molecule has 23 heavy (non-hydrogen) atoms. The normalized spacial score (nSPS) is 11.0. The maximum Gasteiger partial charge on any atom is 0.337 e. The van der Waals surface area contributed by atoms with Gasteiger partial charge in [0.15, 0.2) is 5.69 Å². The van der Waals surface area contributed by atoms with E-state index >= 15 is 0 Å². The Morgan fingerprint density at radius 3 is 2.57 bits per heavy atom. The summed E-state index contributed by atoms with van der Waals surface area (Å²) in [6, 6.07) is 11.4. The lowest BCUT2D eigenvalue weighted by molar-refractivity contribution is 0.0698. The van der Waals surface area contributed by atoms with E-state index in [-0.39, 0.29) is 16.9 Å². The molecule has 0 radical (unpaired) electrons. The van der Waals surface area contributed by atoms with Crippen LogP contribution in [0, 0.1) is 0 Å². The molecule has 0 spiro atoms. The number of aromatic nitrogens is 3. The molecule has 3 rings (SSSR count). The third-order valence-electron chi connectivity index (χ3n) is 3.07. The van der Waals surface area contributed by atoms with Gasteiger partial charge in [0, 0.05) is 6.20 Å². The lowest BCUT2D eigenvalue weighted by Crippen LogP contribution is -1.97. The van der Waals surface area contributed by atoms with E-state index in [4.69, 9.17) is 5.11 Å². The Bertz CT molecular complexity index is 928. The molecular weight excluding hydrogens is 298 g/mol. The number of carbonyl (C=O) groups is 1. The quantitative estimate of drug-likeness (QED) is 0.641. The second-order valence-electron chi connectivity index (χ2n) is 4.54. The van der Waals surface area contributed by atoms with Gasteiger partial charge in [0.05, 0.1) is 11.3 Å². The zero-order chi connectivity index (χ0) is 16.2. The Labute approximate surface area is 129 Å². The highest BCUT2D eigenvalue weighted by Crippen LogP contribution is 2.26. The van der Waals surface area contributed by atoms with Gasteiger partial charge in [-0.25, -0.2) is 4.79 Å². The van der Waals surface area contributed by atoms with Crippen LogP contribution in [-0.2, 0) is 0 Å². The highest BCUT2D eigenvalue weighted by molar-refractivity contribution is 5.93. The topological polar surface area (TPSA) is 124 Å². The number of carboxylic acids is 1. The highest BCUT2D eigenvalue weighted by Gasteiger charge is 2.13. The van der Waals surface area contributed by atoms with Crippen LogP contribution in [0.25, 0.3) is 11.4 Å². The number of azo groups is 1. The van der Waals surface area contributed by atoms with Crippen molar-refractivity contribution in [2.24, 2.45) is 10.2 Å². The predicted molar refractivity (Wildman–Crippen MR) is 82.2 cm³/mol. The summed E-state index contributed by atoms with van der Waals surface area (Å²) < 4.78 is 0. The van der Waals surface area contributed by atoms with Gasteiger partial charge in [-0.15, -0.1) is 10.2 Å². The van der Waals surface area contributed by atoms with E-state index in [1.807, 2.05) is 0 Å². The lowest BCUT2D eigenvalue weighted by Gasteiger charge is -1.99. The van der Waals surface area contributed by atoms with Gasteiger partial charge >= 0.3 is 5.97 Å². The maximum absolute atomic E-state index is 11.9. The molecule has 0 aliphatic heterocycles. The average molecular weight is 309 g/mol. The second kappa shape index (κ2) is 6.06. The predicted octanol–water partition coefficient (Wildman–Crippen LogP) is 2.88. The zero-order valence-corrected chi connectivity index (χ0v) is 11.7. The first-order valence-electron chi connectivity index (χ1n) is 6.63. The number of benzene rings is 1. The van der Waals surface area contributed by atoms with Crippen molar-refractivity contribution in [3.05, 3.63) is 64.6 Å². The molecule has 8 nitrogen and oxygen atoms in total. The van der Waals surface area contributed by atoms with Crippen molar-refractivity contribution < 1.29 is 9.90 Å². The monoisotopic (exact) mass is 309 g/mol. The number of aromatic amines is 2. The Balaban J connectivity index is 2.04. The van der Waals surface area contributed by atoms with E-state index in [0.717, 1.165) is 0 Å². The van der Waals surface area contributed by atoms with Crippen LogP contribution in [0.15, 0.2) is 63.7 Å². The number of pyridine rings is 1. The Morgan fingerprint density at radius 2 is 1.83 bits per heavy atom. The van der Waals surface area contributed by atoms with E-state index < -0.39 is 11.5 Å². The third kappa shape index (κ3) is 2.91. The van der Waals surface area contributed by atoms with E-state index in [0.29, 0.717) is 11.4 Å². The van der Waals surface area contributed by atoms with Crippen molar-refractivity contribution in [1.29, 1.82) is 0 Å². The minimum Gasteiger partial charge on any atom is -0.478 e. The van der Waals surface area contributed by atoms with Crippen molar-refractivity contribution in [1.82, 2.24) is 15.2 Å². The van der Waals surface area contributed by atoms with E-state index in [9.17, 15) is 9.59 Å². The SMILES string of the molecule is O=C(O)c1ccccc1N=Nc1c(-c2ccccn2)[nH][nH]c1=O. The summed E-state index contributed by atoms with van der Waals surface area (Å²) in [5.41, 5.74) is 0.625. The molecule has 3 N–H and O–H groups in total. The molecule has 8 heteroatoms. The highest BCUT2D eigenvalue weighted by atomic mass is 16.4. The molecule has 0 saturated heterocycles. The summed E-state index contributed by atoms with van der Waals surface area (Å²) in [7, 11) is 0. The molecular formula is C15H11N5O3. The standard InChI is InChI=1S/C15H11N5O3/c21-14-13(12(18-20-14)11-7-3-4-8-16-11)19-17-10-6-2-1-5-9(10)15(22)23/h1-8H,(H,22,23)(H2,18,20,21). The van der Waals surface area contributed by atoms with Crippen LogP contribution in [0.3, 0.4) is 0 Å². The van der Waals surface area contributed by atoms with Crippen LogP contribution >= 0.6 is 0 Å². The fourth-order valence-corrected chi connectivity index (χ4v) is 1.99. The van der Waals surface area contributed by atoms with Crippen molar-refractivity contribution in [2.75, 3.05) is 0 Å². The van der Waals surface area contributed by atoms with E-state index in [2.05, 4.69) is 25.4 Å². The van der Waals surface area contributed by atoms with Crippen LogP contribution in [0.1, 0.15) is 10.4 Å². The number of H-pyrrole nitrogens is 2. The first kappa shape index (κ1) is 14.4. The lowest BCUT2D eigenvalue weighted by atomic mass is 10.2. The average Bonchev–Trinajstić information content (AvgIpc) is 2.94. The summed E-state index contributed by atoms with van der Waals surface area (Å²) in [5, 5.41) is 22.0. The maximum atomic E-state index is 11.9. The minimum absolute atomic E-state index is 0.00241. The van der Waals surface area contributed by atoms with Gasteiger partial charge in [0.25, 0.3) is 5.56 Å². The molecule has 0 amide bonds. The van der Waals surface area contributed by atoms with Gasteiger partial charge in [-0.3, -0.25) is 20.0 Å². The molecule has 114 valence electrons. The number of carboxylic acid groups (broad SMARTS) is 1. The van der Waals surface area contributed by atoms with Crippen molar-refractivity contribution in [3.8, 4) is 11.4 Å². The molecule has 0 bridgehead atoms.